The van der Waals surface area contributed by atoms with Crippen LogP contribution in [0.25, 0.3) is 10.2 Å². The molecule has 0 radical (unpaired) electrons. The molecule has 4 N–H and O–H groups in total. The first kappa shape index (κ1) is 26.3. The van der Waals surface area contributed by atoms with Crippen LogP contribution in [0.2, 0.25) is 0 Å². The van der Waals surface area contributed by atoms with E-state index < -0.39 is 6.10 Å². The summed E-state index contributed by atoms with van der Waals surface area (Å²) in [6.07, 6.45) is 3.43. The number of nitrogens with zero attached hydrogens (tertiary/aromatic N) is 1. The Balaban J connectivity index is 0.00000148. The van der Waals surface area contributed by atoms with Gasteiger partial charge in [-0.15, -0.1) is 24.5 Å². The molecule has 194 valence electrons. The highest BCUT2D eigenvalue weighted by Crippen LogP contribution is 2.35. The lowest BCUT2D eigenvalue weighted by molar-refractivity contribution is 0.116. The summed E-state index contributed by atoms with van der Waals surface area (Å²) in [4.78, 5) is 19.6. The minimum atomic E-state index is -0.398. The molecule has 36 heavy (non-hydrogen) atoms. The molecule has 1 saturated heterocycles. The second-order valence-electron chi connectivity index (χ2n) is 9.47. The van der Waals surface area contributed by atoms with Crippen LogP contribution >= 0.6 is 11.3 Å². The molecule has 2 fully saturated rings. The first-order chi connectivity index (χ1) is 17.5. The molecule has 0 bridgehead atoms. The van der Waals surface area contributed by atoms with E-state index in [1.807, 2.05) is 18.4 Å². The molecule has 3 heterocycles. The molecule has 3 unspecified atom stereocenters. The van der Waals surface area contributed by atoms with Crippen LogP contribution in [0.15, 0.2) is 47.6 Å². The number of aromatic amines is 1. The number of rotatable bonds is 6. The molecule has 5 rings (SSSR count). The highest BCUT2D eigenvalue weighted by Gasteiger charge is 2.27. The molecule has 8 heteroatoms. The van der Waals surface area contributed by atoms with Crippen molar-refractivity contribution in [3.63, 3.8) is 0 Å². The van der Waals surface area contributed by atoms with E-state index in [1.165, 1.54) is 11.3 Å². The molecule has 2 aliphatic rings. The van der Waals surface area contributed by atoms with Gasteiger partial charge < -0.3 is 30.4 Å². The van der Waals surface area contributed by atoms with Crippen molar-refractivity contribution in [1.82, 2.24) is 4.98 Å². The second-order valence-corrected chi connectivity index (χ2v) is 10.4. The molecule has 1 saturated carbocycles. The van der Waals surface area contributed by atoms with Gasteiger partial charge in [-0.05, 0) is 55.8 Å². The molecule has 1 aliphatic heterocycles. The van der Waals surface area contributed by atoms with Crippen LogP contribution in [0, 0.1) is 6.92 Å². The Morgan fingerprint density at radius 1 is 1.19 bits per heavy atom. The number of pyridine rings is 1. The summed E-state index contributed by atoms with van der Waals surface area (Å²) < 4.78 is 5.50. The maximum Gasteiger partial charge on any atom is 0.256 e. The predicted molar refractivity (Wildman–Crippen MR) is 152 cm³/mol. The number of fused-ring (bicyclic) bond motifs is 1. The van der Waals surface area contributed by atoms with Crippen molar-refractivity contribution in [2.45, 2.75) is 57.7 Å². The topological polar surface area (TPSA) is 89.6 Å². The molecule has 3 aromatic rings. The average Bonchev–Trinajstić information content (AvgIpc) is 3.36. The van der Waals surface area contributed by atoms with E-state index in [-0.39, 0.29) is 17.6 Å². The summed E-state index contributed by atoms with van der Waals surface area (Å²) >= 11 is 1.53. The van der Waals surface area contributed by atoms with Crippen molar-refractivity contribution in [3.8, 4) is 0 Å². The van der Waals surface area contributed by atoms with Crippen molar-refractivity contribution in [3.05, 3.63) is 64.3 Å². The fourth-order valence-electron chi connectivity index (χ4n) is 5.15. The number of H-pyrrole nitrogens is 1. The number of hydrogen-bond acceptors (Lipinski definition) is 7. The smallest absolute Gasteiger partial charge is 0.256 e. The van der Waals surface area contributed by atoms with Crippen LogP contribution in [-0.2, 0) is 4.74 Å². The highest BCUT2D eigenvalue weighted by molar-refractivity contribution is 7.16. The van der Waals surface area contributed by atoms with Gasteiger partial charge in [0.2, 0.25) is 0 Å². The molecule has 1 aliphatic carbocycles. The Bertz CT molecular complexity index is 1220. The van der Waals surface area contributed by atoms with E-state index in [0.29, 0.717) is 5.56 Å². The third kappa shape index (κ3) is 5.61. The van der Waals surface area contributed by atoms with Gasteiger partial charge in [0.1, 0.15) is 4.83 Å². The molecule has 7 nitrogen and oxygen atoms in total. The molecular weight excluding hydrogens is 472 g/mol. The van der Waals surface area contributed by atoms with E-state index in [2.05, 4.69) is 58.8 Å². The summed E-state index contributed by atoms with van der Waals surface area (Å²) in [5, 5.41) is 20.8. The van der Waals surface area contributed by atoms with E-state index >= 15 is 0 Å². The first-order valence-corrected chi connectivity index (χ1v) is 13.7. The van der Waals surface area contributed by atoms with Crippen molar-refractivity contribution in [2.75, 3.05) is 41.8 Å². The number of aliphatic hydroxyl groups is 1. The molecule has 0 spiro atoms. The SMILES string of the molecule is C=C.Cc1ccc(N2CCOCC2)cc1NC(C)c1c(NC2CCCCC2O)c2ccsc2[nH]c1=O. The van der Waals surface area contributed by atoms with Gasteiger partial charge in [0.15, 0.2) is 0 Å². The molecule has 0 amide bonds. The van der Waals surface area contributed by atoms with Crippen LogP contribution in [0.1, 0.15) is 49.8 Å². The van der Waals surface area contributed by atoms with E-state index in [0.717, 1.165) is 84.8 Å². The monoisotopic (exact) mass is 510 g/mol. The summed E-state index contributed by atoms with van der Waals surface area (Å²) in [5.74, 6) is 0. The Labute approximate surface area is 217 Å². The maximum absolute atomic E-state index is 13.3. The third-order valence-electron chi connectivity index (χ3n) is 7.14. The van der Waals surface area contributed by atoms with Crippen molar-refractivity contribution >= 4 is 38.6 Å². The van der Waals surface area contributed by atoms with Crippen molar-refractivity contribution < 1.29 is 9.84 Å². The minimum absolute atomic E-state index is 0.0454. The lowest BCUT2D eigenvalue weighted by Crippen LogP contribution is -2.37. The lowest BCUT2D eigenvalue weighted by atomic mass is 9.92. The van der Waals surface area contributed by atoms with Crippen molar-refractivity contribution in [1.29, 1.82) is 0 Å². The number of nitrogens with one attached hydrogen (secondary N) is 3. The first-order valence-electron chi connectivity index (χ1n) is 12.8. The van der Waals surface area contributed by atoms with Gasteiger partial charge in [0.05, 0.1) is 42.7 Å². The van der Waals surface area contributed by atoms with E-state index in [4.69, 9.17) is 4.74 Å². The number of thiophene rings is 1. The quantitative estimate of drug-likeness (QED) is 0.331. The second kappa shape index (κ2) is 12.0. The van der Waals surface area contributed by atoms with Crippen LogP contribution in [0.4, 0.5) is 17.1 Å². The van der Waals surface area contributed by atoms with Crippen LogP contribution in [0.3, 0.4) is 0 Å². The maximum atomic E-state index is 13.3. The highest BCUT2D eigenvalue weighted by atomic mass is 32.1. The summed E-state index contributed by atoms with van der Waals surface area (Å²) in [6.45, 7) is 13.4. The van der Waals surface area contributed by atoms with Gasteiger partial charge in [-0.1, -0.05) is 18.9 Å². The third-order valence-corrected chi connectivity index (χ3v) is 7.97. The summed E-state index contributed by atoms with van der Waals surface area (Å²) in [7, 11) is 0. The molecular formula is C28H38N4O3S. The van der Waals surface area contributed by atoms with Crippen molar-refractivity contribution in [2.24, 2.45) is 0 Å². The largest absolute Gasteiger partial charge is 0.391 e. The number of ether oxygens (including phenoxy) is 1. The molecule has 2 aromatic heterocycles. The van der Waals surface area contributed by atoms with Gasteiger partial charge in [0, 0.05) is 29.9 Å². The number of aromatic nitrogens is 1. The van der Waals surface area contributed by atoms with Crippen LogP contribution < -0.4 is 21.1 Å². The fraction of sp³-hybridized carbons (Fsp3) is 0.464. The number of hydrogen-bond donors (Lipinski definition) is 4. The average molecular weight is 511 g/mol. The fourth-order valence-corrected chi connectivity index (χ4v) is 5.94. The zero-order valence-corrected chi connectivity index (χ0v) is 22.1. The summed E-state index contributed by atoms with van der Waals surface area (Å²) in [6, 6.07) is 8.23. The Kier molecular flexibility index (Phi) is 8.72. The zero-order chi connectivity index (χ0) is 25.7. The van der Waals surface area contributed by atoms with Gasteiger partial charge in [-0.3, -0.25) is 4.79 Å². The molecule has 1 aromatic carbocycles. The Morgan fingerprint density at radius 2 is 1.94 bits per heavy atom. The predicted octanol–water partition coefficient (Wildman–Crippen LogP) is 5.43. The van der Waals surface area contributed by atoms with Gasteiger partial charge in [0.25, 0.3) is 5.56 Å². The number of morpholine rings is 1. The number of benzene rings is 1. The van der Waals surface area contributed by atoms with Gasteiger partial charge >= 0.3 is 0 Å². The normalized spacial score (nSPS) is 20.9. The van der Waals surface area contributed by atoms with Gasteiger partial charge in [-0.25, -0.2) is 0 Å². The zero-order valence-electron chi connectivity index (χ0n) is 21.3. The molecule has 3 atom stereocenters. The number of anilines is 3. The van der Waals surface area contributed by atoms with E-state index in [1.54, 1.807) is 0 Å². The standard InChI is InChI=1S/C26H34N4O3S.C2H4/c1-16-7-8-18(30-10-12-33-13-11-30)15-21(16)27-17(2)23-24(28-20-5-3-4-6-22(20)31)19-9-14-34-26(19)29-25(23)32;1-2/h7-9,14-15,17,20,22,27,31H,3-6,10-13H2,1-2H3,(H2,28,29,32);1-2H2. The van der Waals surface area contributed by atoms with Gasteiger partial charge in [-0.2, -0.15) is 0 Å². The van der Waals surface area contributed by atoms with E-state index in [9.17, 15) is 9.90 Å². The summed E-state index contributed by atoms with van der Waals surface area (Å²) in [5.41, 5.74) is 4.74. The number of aliphatic hydroxyl groups excluding tert-OH is 1. The van der Waals surface area contributed by atoms with Crippen LogP contribution in [-0.4, -0.2) is 48.5 Å². The lowest BCUT2D eigenvalue weighted by Gasteiger charge is -2.31. The Hall–Kier alpha value is -2.81. The van der Waals surface area contributed by atoms with Crippen LogP contribution in [0.5, 0.6) is 0 Å². The minimum Gasteiger partial charge on any atom is -0.391 e. The number of aryl methyl sites for hydroxylation is 1. The Morgan fingerprint density at radius 3 is 2.69 bits per heavy atom.